The van der Waals surface area contributed by atoms with Gasteiger partial charge in [0.25, 0.3) is 5.91 Å². The van der Waals surface area contributed by atoms with Crippen LogP contribution >= 0.6 is 11.6 Å². The quantitative estimate of drug-likeness (QED) is 0.916. The number of amides is 1. The van der Waals surface area contributed by atoms with E-state index in [1.165, 1.54) is 24.2 Å². The number of hydrogen-bond donors (Lipinski definition) is 2. The fourth-order valence-electron chi connectivity index (χ4n) is 2.55. The first-order chi connectivity index (χ1) is 10.1. The molecule has 0 unspecified atom stereocenters. The van der Waals surface area contributed by atoms with Gasteiger partial charge in [-0.3, -0.25) is 4.79 Å². The third kappa shape index (κ3) is 3.24. The van der Waals surface area contributed by atoms with Gasteiger partial charge in [0.1, 0.15) is 11.6 Å². The molecular weight excluding hydrogens is 293 g/mol. The number of fused-ring (bicyclic) bond motifs is 1. The molecule has 1 amide bonds. The topological polar surface area (TPSA) is 57.8 Å². The Morgan fingerprint density at radius 2 is 2.14 bits per heavy atom. The number of halogens is 2. The average Bonchev–Trinajstić information content (AvgIpc) is 2.86. The van der Waals surface area contributed by atoms with Crippen LogP contribution in [0, 0.1) is 5.82 Å². The van der Waals surface area contributed by atoms with Crippen LogP contribution in [0.5, 0.6) is 0 Å². The largest absolute Gasteiger partial charge is 0.345 e. The lowest BCUT2D eigenvalue weighted by Gasteiger charge is -2.07. The zero-order valence-electron chi connectivity index (χ0n) is 11.4. The molecule has 1 aromatic heterocycles. The maximum atomic E-state index is 13.2. The summed E-state index contributed by atoms with van der Waals surface area (Å²) in [4.78, 5) is 19.7. The van der Waals surface area contributed by atoms with E-state index in [0.717, 1.165) is 36.8 Å². The Morgan fingerprint density at radius 1 is 1.33 bits per heavy atom. The van der Waals surface area contributed by atoms with Crippen LogP contribution in [-0.4, -0.2) is 15.9 Å². The van der Waals surface area contributed by atoms with E-state index in [0.29, 0.717) is 6.54 Å². The summed E-state index contributed by atoms with van der Waals surface area (Å²) in [7, 11) is 0. The summed E-state index contributed by atoms with van der Waals surface area (Å²) < 4.78 is 13.2. The van der Waals surface area contributed by atoms with Crippen molar-refractivity contribution in [2.75, 3.05) is 0 Å². The molecule has 1 aliphatic carbocycles. The number of aromatic nitrogens is 2. The third-order valence-corrected chi connectivity index (χ3v) is 3.76. The van der Waals surface area contributed by atoms with E-state index in [2.05, 4.69) is 15.3 Å². The van der Waals surface area contributed by atoms with Crippen molar-refractivity contribution in [1.29, 1.82) is 0 Å². The highest BCUT2D eigenvalue weighted by atomic mass is 35.5. The number of rotatable bonds is 3. The van der Waals surface area contributed by atoms with Crippen molar-refractivity contribution in [3.05, 3.63) is 51.8 Å². The number of H-pyrrole nitrogens is 1. The van der Waals surface area contributed by atoms with E-state index in [-0.39, 0.29) is 16.5 Å². The van der Waals surface area contributed by atoms with Gasteiger partial charge in [-0.25, -0.2) is 9.37 Å². The summed E-state index contributed by atoms with van der Waals surface area (Å²) in [5, 5.41) is 2.92. The molecule has 1 aromatic carbocycles. The van der Waals surface area contributed by atoms with Gasteiger partial charge in [0.15, 0.2) is 0 Å². The number of hydrogen-bond acceptors (Lipinski definition) is 2. The first-order valence-corrected chi connectivity index (χ1v) is 7.30. The van der Waals surface area contributed by atoms with Crippen LogP contribution in [0.3, 0.4) is 0 Å². The van der Waals surface area contributed by atoms with E-state index in [4.69, 9.17) is 11.6 Å². The Labute approximate surface area is 126 Å². The highest BCUT2D eigenvalue weighted by Crippen LogP contribution is 2.18. The van der Waals surface area contributed by atoms with Crippen LogP contribution < -0.4 is 5.32 Å². The molecular formula is C15H15ClFN3O. The summed E-state index contributed by atoms with van der Waals surface area (Å²) >= 11 is 5.74. The Bertz CT molecular complexity index is 640. The van der Waals surface area contributed by atoms with Crippen molar-refractivity contribution in [3.8, 4) is 0 Å². The summed E-state index contributed by atoms with van der Waals surface area (Å²) in [5.41, 5.74) is 2.47. The van der Waals surface area contributed by atoms with Crippen LogP contribution in [0.25, 0.3) is 0 Å². The van der Waals surface area contributed by atoms with Crippen molar-refractivity contribution >= 4 is 17.5 Å². The number of nitrogens with one attached hydrogen (secondary N) is 2. The Morgan fingerprint density at radius 3 is 2.90 bits per heavy atom. The van der Waals surface area contributed by atoms with Crippen molar-refractivity contribution in [2.24, 2.45) is 0 Å². The smallest absolute Gasteiger partial charge is 0.251 e. The molecule has 2 N–H and O–H groups in total. The molecule has 0 spiro atoms. The molecule has 1 heterocycles. The minimum absolute atomic E-state index is 0.202. The van der Waals surface area contributed by atoms with Crippen molar-refractivity contribution in [2.45, 2.75) is 32.2 Å². The second kappa shape index (κ2) is 5.85. The number of aryl methyl sites for hydroxylation is 2. The lowest BCUT2D eigenvalue weighted by atomic mass is 10.0. The fourth-order valence-corrected chi connectivity index (χ4v) is 2.77. The summed E-state index contributed by atoms with van der Waals surface area (Å²) in [6, 6.07) is 3.76. The van der Waals surface area contributed by atoms with Gasteiger partial charge < -0.3 is 10.3 Å². The molecule has 1 aliphatic rings. The van der Waals surface area contributed by atoms with Crippen LogP contribution in [0.15, 0.2) is 18.2 Å². The van der Waals surface area contributed by atoms with E-state index < -0.39 is 5.82 Å². The molecule has 2 aromatic rings. The van der Waals surface area contributed by atoms with Crippen molar-refractivity contribution in [1.82, 2.24) is 15.3 Å². The predicted octanol–water partition coefficient (Wildman–Crippen LogP) is 3.01. The maximum absolute atomic E-state index is 13.2. The van der Waals surface area contributed by atoms with Crippen LogP contribution in [0.2, 0.25) is 5.02 Å². The highest BCUT2D eigenvalue weighted by molar-refractivity contribution is 6.31. The summed E-state index contributed by atoms with van der Waals surface area (Å²) in [5.74, 6) is -0.162. The highest BCUT2D eigenvalue weighted by Gasteiger charge is 2.15. The second-order valence-electron chi connectivity index (χ2n) is 5.16. The molecule has 0 radical (unpaired) electrons. The number of carbonyl (C=O) groups is 1. The van der Waals surface area contributed by atoms with Gasteiger partial charge >= 0.3 is 0 Å². The molecule has 0 bridgehead atoms. The first kappa shape index (κ1) is 14.1. The minimum atomic E-state index is -0.527. The Balaban J connectivity index is 1.66. The van der Waals surface area contributed by atoms with Gasteiger partial charge in [0, 0.05) is 16.3 Å². The van der Waals surface area contributed by atoms with E-state index in [1.54, 1.807) is 0 Å². The summed E-state index contributed by atoms with van der Waals surface area (Å²) in [6.45, 7) is 0.292. The monoisotopic (exact) mass is 307 g/mol. The van der Waals surface area contributed by atoms with Crippen molar-refractivity contribution in [3.63, 3.8) is 0 Å². The van der Waals surface area contributed by atoms with E-state index in [1.807, 2.05) is 0 Å². The predicted molar refractivity (Wildman–Crippen MR) is 77.8 cm³/mol. The second-order valence-corrected chi connectivity index (χ2v) is 5.59. The molecule has 0 saturated carbocycles. The SMILES string of the molecule is O=C(NCc1nc2c([nH]1)CCCC2)c1cc(F)cc(Cl)c1. The number of aromatic amines is 1. The zero-order valence-corrected chi connectivity index (χ0v) is 12.1. The third-order valence-electron chi connectivity index (χ3n) is 3.54. The van der Waals surface area contributed by atoms with E-state index >= 15 is 0 Å². The van der Waals surface area contributed by atoms with Crippen LogP contribution in [0.4, 0.5) is 4.39 Å². The van der Waals surface area contributed by atoms with Gasteiger partial charge in [0.05, 0.1) is 12.2 Å². The van der Waals surface area contributed by atoms with Gasteiger partial charge in [0.2, 0.25) is 0 Å². The molecule has 110 valence electrons. The number of imidazole rings is 1. The number of benzene rings is 1. The molecule has 0 aliphatic heterocycles. The van der Waals surface area contributed by atoms with E-state index in [9.17, 15) is 9.18 Å². The number of nitrogens with zero attached hydrogens (tertiary/aromatic N) is 1. The molecule has 0 saturated heterocycles. The van der Waals surface area contributed by atoms with Gasteiger partial charge in [-0.2, -0.15) is 0 Å². The van der Waals surface area contributed by atoms with Gasteiger partial charge in [-0.1, -0.05) is 11.6 Å². The molecule has 0 atom stereocenters. The maximum Gasteiger partial charge on any atom is 0.251 e. The normalized spacial score (nSPS) is 13.8. The standard InChI is InChI=1S/C15H15ClFN3O/c16-10-5-9(6-11(17)7-10)15(21)18-8-14-19-12-3-1-2-4-13(12)20-14/h5-7H,1-4,8H2,(H,18,21)(H,19,20). The van der Waals surface area contributed by atoms with Crippen LogP contribution in [0.1, 0.15) is 40.4 Å². The fraction of sp³-hybridized carbons (Fsp3) is 0.333. The Kier molecular flexibility index (Phi) is 3.92. The zero-order chi connectivity index (χ0) is 14.8. The minimum Gasteiger partial charge on any atom is -0.345 e. The van der Waals surface area contributed by atoms with Gasteiger partial charge in [-0.05, 0) is 43.9 Å². The Hall–Kier alpha value is -1.88. The molecule has 0 fully saturated rings. The summed E-state index contributed by atoms with van der Waals surface area (Å²) in [6.07, 6.45) is 4.32. The lowest BCUT2D eigenvalue weighted by Crippen LogP contribution is -2.23. The van der Waals surface area contributed by atoms with Gasteiger partial charge in [-0.15, -0.1) is 0 Å². The molecule has 4 nitrogen and oxygen atoms in total. The van der Waals surface area contributed by atoms with Crippen LogP contribution in [-0.2, 0) is 19.4 Å². The number of carbonyl (C=O) groups excluding carboxylic acids is 1. The molecule has 21 heavy (non-hydrogen) atoms. The van der Waals surface area contributed by atoms with Crippen molar-refractivity contribution < 1.29 is 9.18 Å². The molecule has 6 heteroatoms. The average molecular weight is 308 g/mol. The first-order valence-electron chi connectivity index (χ1n) is 6.93. The lowest BCUT2D eigenvalue weighted by molar-refractivity contribution is 0.0949. The molecule has 3 rings (SSSR count).